The Bertz CT molecular complexity index is 321. The van der Waals surface area contributed by atoms with Crippen LogP contribution in [0.2, 0.25) is 0 Å². The van der Waals surface area contributed by atoms with Gasteiger partial charge in [0.2, 0.25) is 5.91 Å². The lowest BCUT2D eigenvalue weighted by atomic mass is 9.49. The second-order valence-electron chi connectivity index (χ2n) is 7.20. The summed E-state index contributed by atoms with van der Waals surface area (Å²) < 4.78 is 4.93. The highest BCUT2D eigenvalue weighted by atomic mass is 16.5. The molecule has 0 aliphatic heterocycles. The van der Waals surface area contributed by atoms with Crippen LogP contribution in [0, 0.1) is 23.2 Å². The summed E-state index contributed by atoms with van der Waals surface area (Å²) in [7, 11) is 1.58. The number of nitrogens with two attached hydrogens (primary N) is 1. The van der Waals surface area contributed by atoms with Gasteiger partial charge in [0.1, 0.15) is 6.04 Å². The smallest absolute Gasteiger partial charge is 0.239 e. The molecule has 4 aliphatic carbocycles. The number of ether oxygens (including phenoxy) is 1. The van der Waals surface area contributed by atoms with Crippen molar-refractivity contribution in [3.05, 3.63) is 0 Å². The topological polar surface area (TPSA) is 64.3 Å². The van der Waals surface area contributed by atoms with Crippen LogP contribution in [0.15, 0.2) is 0 Å². The minimum absolute atomic E-state index is 0.0578. The van der Waals surface area contributed by atoms with Crippen LogP contribution >= 0.6 is 0 Å². The van der Waals surface area contributed by atoms with E-state index in [4.69, 9.17) is 10.5 Å². The molecule has 0 spiro atoms. The molecule has 4 rings (SSSR count). The second-order valence-corrected chi connectivity index (χ2v) is 7.20. The van der Waals surface area contributed by atoms with Gasteiger partial charge in [-0.3, -0.25) is 4.79 Å². The highest BCUT2D eigenvalue weighted by Gasteiger charge is 2.50. The number of hydrogen-bond acceptors (Lipinski definition) is 3. The van der Waals surface area contributed by atoms with Gasteiger partial charge in [0, 0.05) is 13.7 Å². The summed E-state index contributed by atoms with van der Waals surface area (Å²) in [5.74, 6) is 2.72. The van der Waals surface area contributed by atoms with E-state index in [9.17, 15) is 4.79 Å². The number of hydrogen-bond donors (Lipinski definition) is 2. The Morgan fingerprint density at radius 3 is 2.26 bits per heavy atom. The first-order valence-electron chi connectivity index (χ1n) is 7.62. The van der Waals surface area contributed by atoms with Gasteiger partial charge in [-0.2, -0.15) is 0 Å². The van der Waals surface area contributed by atoms with Gasteiger partial charge in [0.05, 0.1) is 6.61 Å². The van der Waals surface area contributed by atoms with Crippen molar-refractivity contribution in [3.63, 3.8) is 0 Å². The first-order chi connectivity index (χ1) is 9.10. The number of nitrogens with one attached hydrogen (secondary N) is 1. The predicted molar refractivity (Wildman–Crippen MR) is 73.5 cm³/mol. The Morgan fingerprint density at radius 2 is 1.79 bits per heavy atom. The van der Waals surface area contributed by atoms with Crippen molar-refractivity contribution < 1.29 is 9.53 Å². The van der Waals surface area contributed by atoms with Gasteiger partial charge in [-0.1, -0.05) is 0 Å². The molecule has 1 amide bonds. The van der Waals surface area contributed by atoms with E-state index < -0.39 is 6.04 Å². The third-order valence-corrected chi connectivity index (χ3v) is 5.49. The molecule has 0 aromatic rings. The average molecular weight is 266 g/mol. The van der Waals surface area contributed by atoms with E-state index in [1.54, 1.807) is 7.11 Å². The maximum absolute atomic E-state index is 11.9. The van der Waals surface area contributed by atoms with Crippen molar-refractivity contribution in [3.8, 4) is 0 Å². The van der Waals surface area contributed by atoms with Crippen LogP contribution in [0.3, 0.4) is 0 Å². The monoisotopic (exact) mass is 266 g/mol. The van der Waals surface area contributed by atoms with E-state index in [-0.39, 0.29) is 5.91 Å². The molecule has 19 heavy (non-hydrogen) atoms. The Kier molecular flexibility index (Phi) is 3.56. The third kappa shape index (κ3) is 2.65. The number of rotatable bonds is 5. The van der Waals surface area contributed by atoms with E-state index >= 15 is 0 Å². The summed E-state index contributed by atoms with van der Waals surface area (Å²) in [6.45, 7) is 1.12. The number of amides is 1. The van der Waals surface area contributed by atoms with Gasteiger partial charge in [-0.25, -0.2) is 0 Å². The summed E-state index contributed by atoms with van der Waals surface area (Å²) in [5.41, 5.74) is 6.15. The minimum Gasteiger partial charge on any atom is -0.383 e. The highest BCUT2D eigenvalue weighted by Crippen LogP contribution is 2.59. The fraction of sp³-hybridized carbons (Fsp3) is 0.933. The van der Waals surface area contributed by atoms with Crippen LogP contribution in [-0.4, -0.2) is 32.2 Å². The van der Waals surface area contributed by atoms with Crippen molar-refractivity contribution in [2.24, 2.45) is 28.9 Å². The first kappa shape index (κ1) is 13.4. The summed E-state index contributed by atoms with van der Waals surface area (Å²) in [6, 6.07) is -0.529. The van der Waals surface area contributed by atoms with Gasteiger partial charge in [-0.05, 0) is 61.7 Å². The lowest BCUT2D eigenvalue weighted by Crippen LogP contribution is -2.53. The fourth-order valence-corrected chi connectivity index (χ4v) is 5.17. The molecule has 4 aliphatic rings. The van der Waals surface area contributed by atoms with Crippen molar-refractivity contribution >= 4 is 5.91 Å². The number of methoxy groups -OCH3 is 1. The van der Waals surface area contributed by atoms with Gasteiger partial charge < -0.3 is 15.8 Å². The van der Waals surface area contributed by atoms with Crippen molar-refractivity contribution in [1.29, 1.82) is 0 Å². The van der Waals surface area contributed by atoms with E-state index in [0.717, 1.165) is 24.3 Å². The Balaban J connectivity index is 1.56. The van der Waals surface area contributed by atoms with Crippen LogP contribution in [0.5, 0.6) is 0 Å². The molecule has 0 radical (unpaired) electrons. The van der Waals surface area contributed by atoms with Crippen molar-refractivity contribution in [2.45, 2.75) is 44.6 Å². The zero-order valence-electron chi connectivity index (χ0n) is 11.9. The quantitative estimate of drug-likeness (QED) is 0.788. The molecule has 108 valence electrons. The second kappa shape index (κ2) is 5.06. The normalized spacial score (nSPS) is 41.3. The largest absolute Gasteiger partial charge is 0.383 e. The maximum Gasteiger partial charge on any atom is 0.239 e. The summed E-state index contributed by atoms with van der Waals surface area (Å²) in [6.07, 6.45) is 8.28. The molecule has 0 aromatic heterocycles. The zero-order valence-corrected chi connectivity index (χ0v) is 11.9. The van der Waals surface area contributed by atoms with Crippen LogP contribution in [-0.2, 0) is 9.53 Å². The van der Waals surface area contributed by atoms with E-state index in [1.165, 1.54) is 38.5 Å². The average Bonchev–Trinajstić information content (AvgIpc) is 2.34. The number of carbonyl (C=O) groups is 1. The highest BCUT2D eigenvalue weighted by molar-refractivity contribution is 5.81. The van der Waals surface area contributed by atoms with Crippen molar-refractivity contribution in [1.82, 2.24) is 5.32 Å². The molecule has 1 atom stereocenters. The molecule has 0 heterocycles. The molecular formula is C15H26N2O2. The molecule has 4 nitrogen and oxygen atoms in total. The van der Waals surface area contributed by atoms with E-state index in [1.807, 2.05) is 0 Å². The Hall–Kier alpha value is -0.610. The van der Waals surface area contributed by atoms with Crippen LogP contribution in [0.25, 0.3) is 0 Å². The van der Waals surface area contributed by atoms with Gasteiger partial charge in [0.15, 0.2) is 0 Å². The van der Waals surface area contributed by atoms with Crippen molar-refractivity contribution in [2.75, 3.05) is 20.3 Å². The fourth-order valence-electron chi connectivity index (χ4n) is 5.17. The SMILES string of the molecule is COCC(N)C(=O)NCC12CC3CC(CC(C3)C1)C2. The van der Waals surface area contributed by atoms with Crippen LogP contribution < -0.4 is 11.1 Å². The summed E-state index contributed by atoms with van der Waals surface area (Å²) in [4.78, 5) is 11.9. The molecule has 4 bridgehead atoms. The summed E-state index contributed by atoms with van der Waals surface area (Å²) in [5, 5.41) is 3.08. The van der Waals surface area contributed by atoms with Crippen LogP contribution in [0.4, 0.5) is 0 Å². The molecule has 4 heteroatoms. The lowest BCUT2D eigenvalue weighted by Gasteiger charge is -2.57. The molecule has 4 saturated carbocycles. The molecule has 1 unspecified atom stereocenters. The Morgan fingerprint density at radius 1 is 1.26 bits per heavy atom. The minimum atomic E-state index is -0.529. The molecule has 0 saturated heterocycles. The third-order valence-electron chi connectivity index (χ3n) is 5.49. The lowest BCUT2D eigenvalue weighted by molar-refractivity contribution is -0.125. The molecule has 3 N–H and O–H groups in total. The Labute approximate surface area is 115 Å². The molecule has 4 fully saturated rings. The standard InChI is InChI=1S/C15H26N2O2/c1-19-8-13(16)14(18)17-9-15-5-10-2-11(6-15)4-12(3-10)7-15/h10-13H,2-9,16H2,1H3,(H,17,18). The zero-order chi connectivity index (χ0) is 13.5. The molecular weight excluding hydrogens is 240 g/mol. The maximum atomic E-state index is 11.9. The van der Waals surface area contributed by atoms with Crippen LogP contribution in [0.1, 0.15) is 38.5 Å². The van der Waals surface area contributed by atoms with Gasteiger partial charge >= 0.3 is 0 Å². The van der Waals surface area contributed by atoms with Gasteiger partial charge in [-0.15, -0.1) is 0 Å². The number of carbonyl (C=O) groups excluding carboxylic acids is 1. The van der Waals surface area contributed by atoms with E-state index in [0.29, 0.717) is 12.0 Å². The van der Waals surface area contributed by atoms with Gasteiger partial charge in [0.25, 0.3) is 0 Å². The van der Waals surface area contributed by atoms with E-state index in [2.05, 4.69) is 5.32 Å². The first-order valence-corrected chi connectivity index (χ1v) is 7.62. The predicted octanol–water partition coefficient (Wildman–Crippen LogP) is 1.29. The molecule has 0 aromatic carbocycles. The summed E-state index contributed by atoms with van der Waals surface area (Å²) >= 11 is 0.